The number of ether oxygens (including phenoxy) is 1. The lowest BCUT2D eigenvalue weighted by Gasteiger charge is -2.06. The van der Waals surface area contributed by atoms with E-state index in [9.17, 15) is 14.5 Å². The van der Waals surface area contributed by atoms with Crippen LogP contribution in [0.3, 0.4) is 0 Å². The Hall–Kier alpha value is -1.49. The number of alkyl halides is 1. The standard InChI is InChI=1S/C10H10FNO3/c1-9(10(2,11)15-9)7-4-3-5-8(6-7)12(13)14/h3-6H,1-2H3. The van der Waals surface area contributed by atoms with Gasteiger partial charge in [-0.2, -0.15) is 0 Å². The number of nitro groups is 1. The predicted molar refractivity (Wildman–Crippen MR) is 51.0 cm³/mol. The van der Waals surface area contributed by atoms with Gasteiger partial charge in [0.2, 0.25) is 5.85 Å². The van der Waals surface area contributed by atoms with Gasteiger partial charge in [0.1, 0.15) is 0 Å². The molecule has 0 spiro atoms. The van der Waals surface area contributed by atoms with E-state index in [2.05, 4.69) is 0 Å². The van der Waals surface area contributed by atoms with Crippen molar-refractivity contribution in [2.75, 3.05) is 0 Å². The summed E-state index contributed by atoms with van der Waals surface area (Å²) in [6.07, 6.45) is 0. The van der Waals surface area contributed by atoms with Crippen molar-refractivity contribution in [2.24, 2.45) is 0 Å². The van der Waals surface area contributed by atoms with Gasteiger partial charge in [0, 0.05) is 12.1 Å². The van der Waals surface area contributed by atoms with Crippen molar-refractivity contribution in [3.8, 4) is 0 Å². The van der Waals surface area contributed by atoms with Crippen LogP contribution in [0, 0.1) is 10.1 Å². The lowest BCUT2D eigenvalue weighted by atomic mass is 9.96. The number of hydrogen-bond donors (Lipinski definition) is 0. The first-order valence-electron chi connectivity index (χ1n) is 4.51. The monoisotopic (exact) mass is 211 g/mol. The first-order valence-corrected chi connectivity index (χ1v) is 4.51. The zero-order valence-electron chi connectivity index (χ0n) is 8.36. The van der Waals surface area contributed by atoms with Crippen LogP contribution in [0.5, 0.6) is 0 Å². The minimum atomic E-state index is -1.73. The minimum absolute atomic E-state index is 0.0555. The first-order chi connectivity index (χ1) is 6.87. The Kier molecular flexibility index (Phi) is 1.85. The molecule has 0 aliphatic carbocycles. The maximum atomic E-state index is 13.5. The molecule has 2 rings (SSSR count). The van der Waals surface area contributed by atoms with E-state index in [1.807, 2.05) is 0 Å². The van der Waals surface area contributed by atoms with Crippen molar-refractivity contribution in [1.82, 2.24) is 0 Å². The molecule has 0 bridgehead atoms. The van der Waals surface area contributed by atoms with Crippen LogP contribution in [0.4, 0.5) is 10.1 Å². The Balaban J connectivity index is 2.39. The predicted octanol–water partition coefficient (Wildman–Crippen LogP) is 2.53. The quantitative estimate of drug-likeness (QED) is 0.429. The molecule has 5 heteroatoms. The van der Waals surface area contributed by atoms with Crippen LogP contribution in [0.1, 0.15) is 19.4 Å². The van der Waals surface area contributed by atoms with Crippen molar-refractivity contribution in [3.63, 3.8) is 0 Å². The molecule has 4 nitrogen and oxygen atoms in total. The molecule has 1 aliphatic heterocycles. The highest BCUT2D eigenvalue weighted by molar-refractivity contribution is 5.40. The molecule has 1 aromatic carbocycles. The Morgan fingerprint density at radius 2 is 2.07 bits per heavy atom. The molecule has 1 fully saturated rings. The third kappa shape index (κ3) is 1.39. The van der Waals surface area contributed by atoms with Gasteiger partial charge in [-0.25, -0.2) is 4.39 Å². The van der Waals surface area contributed by atoms with Gasteiger partial charge in [0.25, 0.3) is 5.69 Å². The van der Waals surface area contributed by atoms with Crippen LogP contribution in [0.2, 0.25) is 0 Å². The number of nitro benzene ring substituents is 1. The zero-order valence-corrected chi connectivity index (χ0v) is 8.36. The van der Waals surface area contributed by atoms with Crippen LogP contribution >= 0.6 is 0 Å². The summed E-state index contributed by atoms with van der Waals surface area (Å²) in [7, 11) is 0. The highest BCUT2D eigenvalue weighted by Crippen LogP contribution is 2.56. The van der Waals surface area contributed by atoms with Gasteiger partial charge < -0.3 is 4.74 Å². The minimum Gasteiger partial charge on any atom is -0.326 e. The van der Waals surface area contributed by atoms with Crippen molar-refractivity contribution >= 4 is 5.69 Å². The fourth-order valence-corrected chi connectivity index (χ4v) is 1.59. The smallest absolute Gasteiger partial charge is 0.269 e. The number of halogens is 1. The first kappa shape index (κ1) is 10.0. The fourth-order valence-electron chi connectivity index (χ4n) is 1.59. The summed E-state index contributed by atoms with van der Waals surface area (Å²) in [6, 6.07) is 5.85. The van der Waals surface area contributed by atoms with Gasteiger partial charge in [0.15, 0.2) is 5.60 Å². The molecular formula is C10H10FNO3. The number of rotatable bonds is 2. The normalized spacial score (nSPS) is 33.8. The number of epoxide rings is 1. The van der Waals surface area contributed by atoms with Crippen LogP contribution in [0.25, 0.3) is 0 Å². The molecule has 0 amide bonds. The lowest BCUT2D eigenvalue weighted by molar-refractivity contribution is -0.385. The second kappa shape index (κ2) is 2.76. The van der Waals surface area contributed by atoms with E-state index >= 15 is 0 Å². The van der Waals surface area contributed by atoms with Gasteiger partial charge in [-0.3, -0.25) is 10.1 Å². The van der Waals surface area contributed by atoms with E-state index < -0.39 is 16.4 Å². The van der Waals surface area contributed by atoms with E-state index in [1.54, 1.807) is 13.0 Å². The zero-order chi connectivity index (χ0) is 11.3. The Morgan fingerprint density at radius 3 is 2.53 bits per heavy atom. The number of nitrogens with zero attached hydrogens (tertiary/aromatic N) is 1. The summed E-state index contributed by atoms with van der Waals surface area (Å²) in [4.78, 5) is 10.0. The molecule has 1 saturated heterocycles. The van der Waals surface area contributed by atoms with Gasteiger partial charge in [-0.1, -0.05) is 12.1 Å². The third-order valence-corrected chi connectivity index (χ3v) is 2.81. The highest BCUT2D eigenvalue weighted by atomic mass is 19.2. The topological polar surface area (TPSA) is 55.7 Å². The summed E-state index contributed by atoms with van der Waals surface area (Å²) in [5, 5.41) is 10.5. The summed E-state index contributed by atoms with van der Waals surface area (Å²) >= 11 is 0. The molecule has 80 valence electrons. The molecule has 0 saturated carbocycles. The number of benzene rings is 1. The SMILES string of the molecule is CC1(F)OC1(C)c1cccc([N+](=O)[O-])c1. The van der Waals surface area contributed by atoms with Crippen LogP contribution in [-0.4, -0.2) is 10.8 Å². The maximum absolute atomic E-state index is 13.5. The van der Waals surface area contributed by atoms with Crippen LogP contribution in [-0.2, 0) is 10.3 Å². The van der Waals surface area contributed by atoms with Crippen molar-refractivity contribution < 1.29 is 14.1 Å². The lowest BCUT2D eigenvalue weighted by Crippen LogP contribution is -2.12. The molecule has 15 heavy (non-hydrogen) atoms. The van der Waals surface area contributed by atoms with E-state index in [0.29, 0.717) is 5.56 Å². The average Bonchev–Trinajstić information content (AvgIpc) is 2.68. The number of non-ortho nitro benzene ring substituents is 1. The molecule has 0 radical (unpaired) electrons. The second-order valence-corrected chi connectivity index (χ2v) is 3.86. The van der Waals surface area contributed by atoms with Crippen LogP contribution < -0.4 is 0 Å². The summed E-state index contributed by atoms with van der Waals surface area (Å²) in [5.41, 5.74) is -0.624. The van der Waals surface area contributed by atoms with Gasteiger partial charge in [0.05, 0.1) is 4.92 Å². The maximum Gasteiger partial charge on any atom is 0.269 e. The molecule has 1 heterocycles. The van der Waals surface area contributed by atoms with Crippen molar-refractivity contribution in [2.45, 2.75) is 25.3 Å². The fraction of sp³-hybridized carbons (Fsp3) is 0.400. The molecular weight excluding hydrogens is 201 g/mol. The van der Waals surface area contributed by atoms with Gasteiger partial charge in [-0.05, 0) is 19.4 Å². The van der Waals surface area contributed by atoms with E-state index in [1.165, 1.54) is 25.1 Å². The number of hydrogen-bond acceptors (Lipinski definition) is 3. The molecule has 0 aromatic heterocycles. The van der Waals surface area contributed by atoms with E-state index in [0.717, 1.165) is 0 Å². The van der Waals surface area contributed by atoms with Gasteiger partial charge >= 0.3 is 0 Å². The molecule has 2 unspecified atom stereocenters. The average molecular weight is 211 g/mol. The highest BCUT2D eigenvalue weighted by Gasteiger charge is 2.66. The van der Waals surface area contributed by atoms with E-state index in [4.69, 9.17) is 4.74 Å². The third-order valence-electron chi connectivity index (χ3n) is 2.81. The Bertz CT molecular complexity index is 432. The summed E-state index contributed by atoms with van der Waals surface area (Å²) in [5.74, 6) is -1.73. The Labute approximate surface area is 85.8 Å². The van der Waals surface area contributed by atoms with Crippen LogP contribution in [0.15, 0.2) is 24.3 Å². The molecule has 1 aromatic rings. The molecule has 1 aliphatic rings. The van der Waals surface area contributed by atoms with E-state index in [-0.39, 0.29) is 5.69 Å². The van der Waals surface area contributed by atoms with Crippen molar-refractivity contribution in [3.05, 3.63) is 39.9 Å². The van der Waals surface area contributed by atoms with Crippen molar-refractivity contribution in [1.29, 1.82) is 0 Å². The van der Waals surface area contributed by atoms with Gasteiger partial charge in [-0.15, -0.1) is 0 Å². The molecule has 2 atom stereocenters. The summed E-state index contributed by atoms with van der Waals surface area (Å²) < 4.78 is 18.4. The largest absolute Gasteiger partial charge is 0.326 e. The Morgan fingerprint density at radius 1 is 1.47 bits per heavy atom. The second-order valence-electron chi connectivity index (χ2n) is 3.86. The summed E-state index contributed by atoms with van der Waals surface area (Å²) in [6.45, 7) is 2.89. The molecule has 0 N–H and O–H groups in total.